The number of alkyl halides is 3. The van der Waals surface area contributed by atoms with Crippen molar-refractivity contribution in [3.63, 3.8) is 0 Å². The lowest BCUT2D eigenvalue weighted by atomic mass is 9.69. The van der Waals surface area contributed by atoms with Crippen molar-refractivity contribution in [1.29, 1.82) is 0 Å². The molecule has 4 aliphatic rings. The van der Waals surface area contributed by atoms with Gasteiger partial charge in [0.2, 0.25) is 0 Å². The first kappa shape index (κ1) is 17.3. The van der Waals surface area contributed by atoms with Gasteiger partial charge in [-0.2, -0.15) is 13.2 Å². The second kappa shape index (κ2) is 5.45. The van der Waals surface area contributed by atoms with E-state index in [0.29, 0.717) is 24.7 Å². The molecule has 9 heteroatoms. The van der Waals surface area contributed by atoms with Crippen LogP contribution in [0, 0.1) is 35.5 Å². The van der Waals surface area contributed by atoms with Gasteiger partial charge < -0.3 is 4.74 Å². The van der Waals surface area contributed by atoms with Crippen molar-refractivity contribution in [1.82, 2.24) is 4.72 Å². The fourth-order valence-corrected chi connectivity index (χ4v) is 7.08. The average molecular weight is 379 g/mol. The molecule has 0 amide bonds. The normalized spacial score (nSPS) is 44.8. The lowest BCUT2D eigenvalue weighted by Gasteiger charge is -2.41. The number of hydrogen-bond acceptors (Lipinski definition) is 4. The van der Waals surface area contributed by atoms with E-state index >= 15 is 0 Å². The second-order valence-electron chi connectivity index (χ2n) is 7.80. The highest BCUT2D eigenvalue weighted by Gasteiger charge is 2.66. The Labute approximate surface area is 144 Å². The second-order valence-corrected chi connectivity index (χ2v) is 9.50. The molecular weight excluding hydrogens is 359 g/mol. The Balaban J connectivity index is 1.47. The van der Waals surface area contributed by atoms with Crippen LogP contribution >= 0.6 is 0 Å². The van der Waals surface area contributed by atoms with Crippen molar-refractivity contribution in [2.75, 3.05) is 0 Å². The summed E-state index contributed by atoms with van der Waals surface area (Å²) in [5, 5.41) is 0. The molecule has 4 rings (SSSR count). The summed E-state index contributed by atoms with van der Waals surface area (Å²) in [6.45, 7) is 3.40. The van der Waals surface area contributed by atoms with Gasteiger partial charge in [0.05, 0.1) is 0 Å². The number of esters is 1. The summed E-state index contributed by atoms with van der Waals surface area (Å²) in [5.41, 5.74) is -5.27. The summed E-state index contributed by atoms with van der Waals surface area (Å²) < 4.78 is 68.2. The minimum atomic E-state index is -5.31. The zero-order chi connectivity index (χ0) is 18.1. The molecule has 0 saturated heterocycles. The molecule has 4 aliphatic carbocycles. The number of sulfonamides is 1. The van der Waals surface area contributed by atoms with E-state index in [-0.39, 0.29) is 29.8 Å². The molecule has 0 aliphatic heterocycles. The van der Waals surface area contributed by atoms with Crippen molar-refractivity contribution in [2.24, 2.45) is 35.5 Å². The van der Waals surface area contributed by atoms with Crippen LogP contribution in [0.1, 0.15) is 25.7 Å². The fraction of sp³-hybridized carbons (Fsp3) is 0.812. The third kappa shape index (κ3) is 2.53. The Morgan fingerprint density at radius 3 is 2.32 bits per heavy atom. The van der Waals surface area contributed by atoms with Gasteiger partial charge in [0.15, 0.2) is 0 Å². The Morgan fingerprint density at radius 2 is 1.68 bits per heavy atom. The molecule has 0 radical (unpaired) electrons. The average Bonchev–Trinajstić information content (AvgIpc) is 3.22. The molecule has 0 aromatic carbocycles. The number of hydrogen-bond donors (Lipinski definition) is 1. The number of fused-ring (bicyclic) bond motifs is 9. The molecule has 0 spiro atoms. The van der Waals surface area contributed by atoms with Crippen LogP contribution in [0.15, 0.2) is 12.7 Å². The molecule has 8 unspecified atom stereocenters. The van der Waals surface area contributed by atoms with Crippen molar-refractivity contribution in [3.8, 4) is 0 Å². The van der Waals surface area contributed by atoms with Gasteiger partial charge in [-0.3, -0.25) is 0 Å². The van der Waals surface area contributed by atoms with E-state index in [0.717, 1.165) is 18.9 Å². The topological polar surface area (TPSA) is 72.5 Å². The van der Waals surface area contributed by atoms with Gasteiger partial charge in [0.1, 0.15) is 6.10 Å². The molecule has 4 fully saturated rings. The Morgan fingerprint density at radius 1 is 1.08 bits per heavy atom. The van der Waals surface area contributed by atoms with E-state index in [4.69, 9.17) is 4.74 Å². The molecule has 4 bridgehead atoms. The van der Waals surface area contributed by atoms with Gasteiger partial charge >= 0.3 is 21.5 Å². The molecule has 140 valence electrons. The fourth-order valence-electron chi connectivity index (χ4n) is 6.27. The minimum Gasteiger partial charge on any atom is -0.459 e. The highest BCUT2D eigenvalue weighted by Crippen LogP contribution is 2.67. The lowest BCUT2D eigenvalue weighted by Crippen LogP contribution is -2.49. The SMILES string of the molecule is C=CC(=O)OC1CC2CC1C1C3CC(NS(=O)(=O)C(F)(F)F)C(C3)C21. The van der Waals surface area contributed by atoms with Crippen LogP contribution in [-0.2, 0) is 19.6 Å². The van der Waals surface area contributed by atoms with Crippen LogP contribution < -0.4 is 4.72 Å². The van der Waals surface area contributed by atoms with E-state index in [1.807, 2.05) is 4.72 Å². The molecule has 0 aromatic rings. The number of carbonyl (C=O) groups excluding carboxylic acids is 1. The standard InChI is InChI=1S/C16H20F3NO4S/c1-2-13(21)24-12-6-8-4-10(12)15-7-3-9(14(8)15)11(5-7)20-25(22,23)16(17,18)19/h2,7-12,14-15,20H,1,3-6H2. The van der Waals surface area contributed by atoms with Crippen molar-refractivity contribution in [2.45, 2.75) is 43.3 Å². The van der Waals surface area contributed by atoms with Gasteiger partial charge in [0, 0.05) is 12.1 Å². The molecule has 4 saturated carbocycles. The van der Waals surface area contributed by atoms with Gasteiger partial charge in [0.25, 0.3) is 0 Å². The molecule has 0 heterocycles. The highest BCUT2D eigenvalue weighted by atomic mass is 32.2. The molecule has 0 aromatic heterocycles. The predicted octanol–water partition coefficient (Wildman–Crippen LogP) is 2.20. The summed E-state index contributed by atoms with van der Waals surface area (Å²) >= 11 is 0. The maximum atomic E-state index is 12.6. The molecule has 5 nitrogen and oxygen atoms in total. The molecule has 1 N–H and O–H groups in total. The maximum absolute atomic E-state index is 12.6. The number of rotatable bonds is 4. The molecule has 8 atom stereocenters. The van der Waals surface area contributed by atoms with Gasteiger partial charge in [-0.1, -0.05) is 6.58 Å². The lowest BCUT2D eigenvalue weighted by molar-refractivity contribution is -0.147. The first-order chi connectivity index (χ1) is 11.6. The van der Waals surface area contributed by atoms with Crippen LogP contribution in [0.25, 0.3) is 0 Å². The smallest absolute Gasteiger partial charge is 0.459 e. The van der Waals surface area contributed by atoms with Crippen molar-refractivity contribution in [3.05, 3.63) is 12.7 Å². The summed E-state index contributed by atoms with van der Waals surface area (Å²) in [4.78, 5) is 11.5. The van der Waals surface area contributed by atoms with Crippen LogP contribution in [-0.4, -0.2) is 32.0 Å². The number of halogens is 3. The maximum Gasteiger partial charge on any atom is 0.511 e. The number of carbonyl (C=O) groups is 1. The zero-order valence-corrected chi connectivity index (χ0v) is 14.2. The summed E-state index contributed by atoms with van der Waals surface area (Å²) in [5.74, 6) is 0.837. The molecule has 25 heavy (non-hydrogen) atoms. The Hall–Kier alpha value is -1.09. The summed E-state index contributed by atoms with van der Waals surface area (Å²) in [7, 11) is -5.31. The van der Waals surface area contributed by atoms with Gasteiger partial charge in [-0.25, -0.2) is 17.9 Å². The number of ether oxygens (including phenoxy) is 1. The van der Waals surface area contributed by atoms with Crippen LogP contribution in [0.3, 0.4) is 0 Å². The third-order valence-electron chi connectivity index (χ3n) is 6.80. The highest BCUT2D eigenvalue weighted by molar-refractivity contribution is 7.90. The third-order valence-corrected chi connectivity index (χ3v) is 8.03. The first-order valence-corrected chi connectivity index (χ1v) is 10.0. The summed E-state index contributed by atoms with van der Waals surface area (Å²) in [6, 6.07) is -0.633. The predicted molar refractivity (Wildman–Crippen MR) is 81.4 cm³/mol. The zero-order valence-electron chi connectivity index (χ0n) is 13.4. The Bertz CT molecular complexity index is 707. The molecular formula is C16H20F3NO4S. The van der Waals surface area contributed by atoms with Crippen LogP contribution in [0.2, 0.25) is 0 Å². The van der Waals surface area contributed by atoms with Crippen molar-refractivity contribution >= 4 is 16.0 Å². The van der Waals surface area contributed by atoms with Gasteiger partial charge in [-0.05, 0) is 61.2 Å². The van der Waals surface area contributed by atoms with E-state index in [1.54, 1.807) is 0 Å². The van der Waals surface area contributed by atoms with E-state index in [9.17, 15) is 26.4 Å². The van der Waals surface area contributed by atoms with Crippen molar-refractivity contribution < 1.29 is 31.1 Å². The Kier molecular flexibility index (Phi) is 3.78. The van der Waals surface area contributed by atoms with E-state index < -0.39 is 27.5 Å². The summed E-state index contributed by atoms with van der Waals surface area (Å²) in [6.07, 6.45) is 3.83. The monoisotopic (exact) mass is 379 g/mol. The van der Waals surface area contributed by atoms with E-state index in [2.05, 4.69) is 6.58 Å². The van der Waals surface area contributed by atoms with Gasteiger partial charge in [-0.15, -0.1) is 0 Å². The minimum absolute atomic E-state index is 0.0434. The van der Waals surface area contributed by atoms with Crippen LogP contribution in [0.5, 0.6) is 0 Å². The van der Waals surface area contributed by atoms with Crippen LogP contribution in [0.4, 0.5) is 13.2 Å². The quantitative estimate of drug-likeness (QED) is 0.462. The number of nitrogens with one attached hydrogen (secondary N) is 1. The first-order valence-electron chi connectivity index (χ1n) is 8.54. The largest absolute Gasteiger partial charge is 0.511 e. The van der Waals surface area contributed by atoms with E-state index in [1.165, 1.54) is 0 Å².